The normalized spacial score (nSPS) is 11.0. The van der Waals surface area contributed by atoms with Crippen molar-refractivity contribution in [3.8, 4) is 0 Å². The first-order chi connectivity index (χ1) is 11.4. The van der Waals surface area contributed by atoms with E-state index in [1.807, 2.05) is 0 Å². The quantitative estimate of drug-likeness (QED) is 0.602. The van der Waals surface area contributed by atoms with Crippen LogP contribution in [0.3, 0.4) is 0 Å². The highest BCUT2D eigenvalue weighted by atomic mass is 79.9. The number of amides is 2. The molecular formula is C17H15BrFN3O2. The number of hydrogen-bond donors (Lipinski definition) is 2. The number of carbonyl (C=O) groups excluding carboxylic acids is 2. The van der Waals surface area contributed by atoms with Crippen LogP contribution in [0.5, 0.6) is 0 Å². The summed E-state index contributed by atoms with van der Waals surface area (Å²) in [5.74, 6) is -1.04. The number of hydrogen-bond acceptors (Lipinski definition) is 3. The first-order valence-electron chi connectivity index (χ1n) is 7.08. The average molecular weight is 392 g/mol. The van der Waals surface area contributed by atoms with E-state index in [1.165, 1.54) is 24.3 Å². The Morgan fingerprint density at radius 3 is 2.33 bits per heavy atom. The number of carbonyl (C=O) groups is 2. The minimum absolute atomic E-state index is 0.0119. The van der Waals surface area contributed by atoms with Crippen molar-refractivity contribution in [2.24, 2.45) is 5.10 Å². The van der Waals surface area contributed by atoms with Gasteiger partial charge in [-0.3, -0.25) is 9.59 Å². The summed E-state index contributed by atoms with van der Waals surface area (Å²) in [6.07, 6.45) is 0.0119. The fraction of sp³-hybridized carbons (Fsp3) is 0.118. The molecule has 2 N–H and O–H groups in total. The highest BCUT2D eigenvalue weighted by Gasteiger charge is 2.07. The fourth-order valence-electron chi connectivity index (χ4n) is 1.82. The lowest BCUT2D eigenvalue weighted by molar-refractivity contribution is -0.115. The zero-order chi connectivity index (χ0) is 17.5. The molecule has 2 amide bonds. The lowest BCUT2D eigenvalue weighted by atomic mass is 10.2. The smallest absolute Gasteiger partial charge is 0.271 e. The monoisotopic (exact) mass is 391 g/mol. The Kier molecular flexibility index (Phi) is 6.20. The molecule has 2 aromatic carbocycles. The molecule has 0 aliphatic carbocycles. The van der Waals surface area contributed by atoms with E-state index in [4.69, 9.17) is 0 Å². The highest BCUT2D eigenvalue weighted by molar-refractivity contribution is 9.10. The van der Waals surface area contributed by atoms with Gasteiger partial charge in [0.2, 0.25) is 5.91 Å². The van der Waals surface area contributed by atoms with Crippen molar-refractivity contribution in [1.82, 2.24) is 5.43 Å². The maximum atomic E-state index is 12.8. The molecule has 2 aromatic rings. The summed E-state index contributed by atoms with van der Waals surface area (Å²) in [4.78, 5) is 23.8. The molecule has 5 nitrogen and oxygen atoms in total. The van der Waals surface area contributed by atoms with Crippen molar-refractivity contribution in [2.75, 3.05) is 5.32 Å². The Balaban J connectivity index is 1.86. The van der Waals surface area contributed by atoms with Gasteiger partial charge >= 0.3 is 0 Å². The Labute approximate surface area is 147 Å². The van der Waals surface area contributed by atoms with Gasteiger partial charge in [0.25, 0.3) is 5.91 Å². The zero-order valence-electron chi connectivity index (χ0n) is 12.8. The number of halogens is 2. The van der Waals surface area contributed by atoms with E-state index in [9.17, 15) is 14.0 Å². The van der Waals surface area contributed by atoms with Gasteiger partial charge in [0.1, 0.15) is 5.82 Å². The van der Waals surface area contributed by atoms with Crippen LogP contribution in [0.2, 0.25) is 0 Å². The van der Waals surface area contributed by atoms with E-state index in [1.54, 1.807) is 31.2 Å². The molecule has 7 heteroatoms. The van der Waals surface area contributed by atoms with Crippen LogP contribution in [-0.2, 0) is 4.79 Å². The maximum Gasteiger partial charge on any atom is 0.271 e. The SMILES string of the molecule is C/C(CC(=O)Nc1ccc(F)cc1)=N/NC(=O)c1ccc(Br)cc1. The van der Waals surface area contributed by atoms with Crippen LogP contribution in [0, 0.1) is 5.82 Å². The molecule has 0 fully saturated rings. The van der Waals surface area contributed by atoms with Gasteiger partial charge in [0.15, 0.2) is 0 Å². The predicted octanol–water partition coefficient (Wildman–Crippen LogP) is 3.72. The summed E-state index contributed by atoms with van der Waals surface area (Å²) in [5, 5.41) is 6.52. The summed E-state index contributed by atoms with van der Waals surface area (Å²) < 4.78 is 13.7. The van der Waals surface area contributed by atoms with E-state index in [0.29, 0.717) is 17.0 Å². The lowest BCUT2D eigenvalue weighted by Crippen LogP contribution is -2.21. The zero-order valence-corrected chi connectivity index (χ0v) is 14.4. The number of nitrogens with zero attached hydrogens (tertiary/aromatic N) is 1. The second-order valence-corrected chi connectivity index (χ2v) is 5.94. The summed E-state index contributed by atoms with van der Waals surface area (Å²) in [5.41, 5.74) is 3.80. The Bertz CT molecular complexity index is 758. The van der Waals surface area contributed by atoms with Crippen LogP contribution in [0.25, 0.3) is 0 Å². The number of nitrogens with one attached hydrogen (secondary N) is 2. The molecule has 0 bridgehead atoms. The highest BCUT2D eigenvalue weighted by Crippen LogP contribution is 2.10. The van der Waals surface area contributed by atoms with Crippen LogP contribution in [0.4, 0.5) is 10.1 Å². The van der Waals surface area contributed by atoms with Gasteiger partial charge in [0.05, 0.1) is 6.42 Å². The van der Waals surface area contributed by atoms with E-state index >= 15 is 0 Å². The molecule has 0 aliphatic heterocycles. The molecule has 24 heavy (non-hydrogen) atoms. The summed E-state index contributed by atoms with van der Waals surface area (Å²) >= 11 is 3.29. The molecule has 0 aromatic heterocycles. The standard InChI is InChI=1S/C17H15BrFN3O2/c1-11(10-16(23)20-15-8-6-14(19)7-9-15)21-22-17(24)12-2-4-13(18)5-3-12/h2-9H,10H2,1H3,(H,20,23)(H,22,24)/b21-11-. The van der Waals surface area contributed by atoms with Crippen LogP contribution in [0.1, 0.15) is 23.7 Å². The van der Waals surface area contributed by atoms with Crippen LogP contribution >= 0.6 is 15.9 Å². The van der Waals surface area contributed by atoms with Crippen LogP contribution < -0.4 is 10.7 Å². The molecule has 0 radical (unpaired) electrons. The summed E-state index contributed by atoms with van der Waals surface area (Å²) in [6.45, 7) is 1.63. The molecule has 124 valence electrons. The Morgan fingerprint density at radius 2 is 1.71 bits per heavy atom. The van der Waals surface area contributed by atoms with Crippen molar-refractivity contribution in [2.45, 2.75) is 13.3 Å². The van der Waals surface area contributed by atoms with Gasteiger partial charge in [-0.2, -0.15) is 5.10 Å². The molecule has 0 saturated carbocycles. The predicted molar refractivity (Wildman–Crippen MR) is 94.4 cm³/mol. The molecule has 0 aliphatic rings. The molecule has 0 heterocycles. The Morgan fingerprint density at radius 1 is 1.08 bits per heavy atom. The topological polar surface area (TPSA) is 70.6 Å². The average Bonchev–Trinajstić information content (AvgIpc) is 2.55. The van der Waals surface area contributed by atoms with Crippen molar-refractivity contribution in [3.63, 3.8) is 0 Å². The van der Waals surface area contributed by atoms with Crippen molar-refractivity contribution >= 4 is 39.1 Å². The molecular weight excluding hydrogens is 377 g/mol. The van der Waals surface area contributed by atoms with Gasteiger partial charge in [0, 0.05) is 21.4 Å². The minimum Gasteiger partial charge on any atom is -0.326 e. The molecule has 0 atom stereocenters. The molecule has 0 unspecified atom stereocenters. The number of benzene rings is 2. The van der Waals surface area contributed by atoms with Gasteiger partial charge in [-0.05, 0) is 55.5 Å². The van der Waals surface area contributed by atoms with Gasteiger partial charge in [-0.1, -0.05) is 15.9 Å². The second-order valence-electron chi connectivity index (χ2n) is 5.03. The number of hydrazone groups is 1. The van der Waals surface area contributed by atoms with E-state index in [2.05, 4.69) is 31.8 Å². The van der Waals surface area contributed by atoms with Crippen LogP contribution in [-0.4, -0.2) is 17.5 Å². The first kappa shape index (κ1) is 17.8. The van der Waals surface area contributed by atoms with Crippen molar-refractivity contribution in [1.29, 1.82) is 0 Å². The molecule has 2 rings (SSSR count). The summed E-state index contributed by atoms with van der Waals surface area (Å²) in [7, 11) is 0. The number of rotatable bonds is 5. The molecule has 0 saturated heterocycles. The van der Waals surface area contributed by atoms with E-state index < -0.39 is 0 Å². The third-order valence-electron chi connectivity index (χ3n) is 3.00. The van der Waals surface area contributed by atoms with E-state index in [0.717, 1.165) is 4.47 Å². The molecule has 0 spiro atoms. The first-order valence-corrected chi connectivity index (χ1v) is 7.88. The largest absolute Gasteiger partial charge is 0.326 e. The van der Waals surface area contributed by atoms with Gasteiger partial charge < -0.3 is 5.32 Å². The Hall–Kier alpha value is -2.54. The number of anilines is 1. The minimum atomic E-state index is -0.374. The van der Waals surface area contributed by atoms with E-state index in [-0.39, 0.29) is 24.1 Å². The van der Waals surface area contributed by atoms with Crippen molar-refractivity contribution in [3.05, 3.63) is 64.4 Å². The lowest BCUT2D eigenvalue weighted by Gasteiger charge is -2.05. The van der Waals surface area contributed by atoms with Crippen molar-refractivity contribution < 1.29 is 14.0 Å². The van der Waals surface area contributed by atoms with Gasteiger partial charge in [-0.15, -0.1) is 0 Å². The summed E-state index contributed by atoms with van der Waals surface area (Å²) in [6, 6.07) is 12.3. The maximum absolute atomic E-state index is 12.8. The fourth-order valence-corrected chi connectivity index (χ4v) is 2.09. The second kappa shape index (κ2) is 8.35. The third kappa shape index (κ3) is 5.58. The van der Waals surface area contributed by atoms with Gasteiger partial charge in [-0.25, -0.2) is 9.82 Å². The van der Waals surface area contributed by atoms with Crippen LogP contribution in [0.15, 0.2) is 58.1 Å². The third-order valence-corrected chi connectivity index (χ3v) is 3.53.